The Bertz CT molecular complexity index is 200. The fourth-order valence-electron chi connectivity index (χ4n) is 0.757. The summed E-state index contributed by atoms with van der Waals surface area (Å²) in [7, 11) is 0. The van der Waals surface area contributed by atoms with Crippen LogP contribution in [0.2, 0.25) is 0 Å². The lowest BCUT2D eigenvalue weighted by molar-refractivity contribution is 0.408. The van der Waals surface area contributed by atoms with Crippen LogP contribution in [0, 0.1) is 5.92 Å². The fraction of sp³-hybridized carbons (Fsp3) is 0.714. The van der Waals surface area contributed by atoms with Gasteiger partial charge in [0.05, 0.1) is 12.7 Å². The number of hydrogen-bond donors (Lipinski definition) is 1. The standard InChI is InChI=1S/C7H14N4.2ClH/c1-6(2)7(8)5-11-4-3-9-10-11;;/h3-4,6-7H,5,8H2,1-2H3;2*1H. The first-order valence-electron chi connectivity index (χ1n) is 3.80. The van der Waals surface area contributed by atoms with Crippen LogP contribution in [0.1, 0.15) is 13.8 Å². The first kappa shape index (κ1) is 15.2. The minimum absolute atomic E-state index is 0. The second kappa shape index (κ2) is 7.12. The van der Waals surface area contributed by atoms with Gasteiger partial charge in [-0.2, -0.15) is 0 Å². The van der Waals surface area contributed by atoms with Crippen LogP contribution < -0.4 is 5.73 Å². The lowest BCUT2D eigenvalue weighted by Crippen LogP contribution is -2.31. The van der Waals surface area contributed by atoms with Gasteiger partial charge in [0.15, 0.2) is 0 Å². The molecule has 0 amide bonds. The number of aromatic nitrogens is 3. The van der Waals surface area contributed by atoms with Crippen molar-refractivity contribution in [1.29, 1.82) is 0 Å². The van der Waals surface area contributed by atoms with Gasteiger partial charge in [-0.3, -0.25) is 4.68 Å². The van der Waals surface area contributed by atoms with Gasteiger partial charge in [-0.1, -0.05) is 19.1 Å². The van der Waals surface area contributed by atoms with Crippen LogP contribution in [0.15, 0.2) is 12.4 Å². The average molecular weight is 227 g/mol. The molecule has 0 aliphatic rings. The Morgan fingerprint density at radius 1 is 1.38 bits per heavy atom. The van der Waals surface area contributed by atoms with Gasteiger partial charge in [0, 0.05) is 12.2 Å². The predicted molar refractivity (Wildman–Crippen MR) is 57.3 cm³/mol. The predicted octanol–water partition coefficient (Wildman–Crippen LogP) is 1.10. The van der Waals surface area contributed by atoms with Gasteiger partial charge >= 0.3 is 0 Å². The van der Waals surface area contributed by atoms with E-state index in [2.05, 4.69) is 24.2 Å². The summed E-state index contributed by atoms with van der Waals surface area (Å²) < 4.78 is 1.75. The third kappa shape index (κ3) is 5.08. The average Bonchev–Trinajstić information content (AvgIpc) is 2.39. The number of hydrogen-bond acceptors (Lipinski definition) is 3. The largest absolute Gasteiger partial charge is 0.326 e. The molecule has 4 nitrogen and oxygen atoms in total. The lowest BCUT2D eigenvalue weighted by Gasteiger charge is -2.14. The van der Waals surface area contributed by atoms with Crippen molar-refractivity contribution < 1.29 is 0 Å². The maximum atomic E-state index is 5.82. The first-order valence-corrected chi connectivity index (χ1v) is 3.80. The van der Waals surface area contributed by atoms with E-state index in [-0.39, 0.29) is 30.9 Å². The molecule has 1 heterocycles. The highest BCUT2D eigenvalue weighted by atomic mass is 35.5. The van der Waals surface area contributed by atoms with Gasteiger partial charge in [0.2, 0.25) is 0 Å². The molecule has 0 saturated heterocycles. The van der Waals surface area contributed by atoms with Gasteiger partial charge < -0.3 is 5.73 Å². The molecule has 0 aliphatic carbocycles. The molecule has 78 valence electrons. The molecule has 0 fully saturated rings. The van der Waals surface area contributed by atoms with Crippen molar-refractivity contribution in [3.8, 4) is 0 Å². The lowest BCUT2D eigenvalue weighted by atomic mass is 10.1. The van der Waals surface area contributed by atoms with E-state index < -0.39 is 0 Å². The molecule has 0 saturated carbocycles. The second-order valence-electron chi connectivity index (χ2n) is 3.03. The Morgan fingerprint density at radius 2 is 2.00 bits per heavy atom. The number of nitrogens with two attached hydrogens (primary N) is 1. The Balaban J connectivity index is 0. The molecule has 0 bridgehead atoms. The van der Waals surface area contributed by atoms with Crippen LogP contribution in [0.3, 0.4) is 0 Å². The molecule has 1 aromatic rings. The quantitative estimate of drug-likeness (QED) is 0.841. The van der Waals surface area contributed by atoms with Gasteiger partial charge in [0.25, 0.3) is 0 Å². The minimum Gasteiger partial charge on any atom is -0.326 e. The van der Waals surface area contributed by atoms with Crippen LogP contribution in [0.25, 0.3) is 0 Å². The van der Waals surface area contributed by atoms with Gasteiger partial charge in [0.1, 0.15) is 0 Å². The zero-order chi connectivity index (χ0) is 8.27. The summed E-state index contributed by atoms with van der Waals surface area (Å²) in [5.74, 6) is 0.485. The molecule has 13 heavy (non-hydrogen) atoms. The molecule has 0 aromatic carbocycles. The molecule has 0 aliphatic heterocycles. The van der Waals surface area contributed by atoms with Crippen molar-refractivity contribution in [3.63, 3.8) is 0 Å². The summed E-state index contributed by atoms with van der Waals surface area (Å²) >= 11 is 0. The molecule has 0 spiro atoms. The highest BCUT2D eigenvalue weighted by Crippen LogP contribution is 1.99. The SMILES string of the molecule is CC(C)C(N)Cn1ccnn1.Cl.Cl. The maximum Gasteiger partial charge on any atom is 0.0692 e. The topological polar surface area (TPSA) is 56.7 Å². The van der Waals surface area contributed by atoms with E-state index in [1.807, 2.05) is 6.20 Å². The first-order chi connectivity index (χ1) is 5.20. The van der Waals surface area contributed by atoms with Crippen molar-refractivity contribution in [2.24, 2.45) is 11.7 Å². The van der Waals surface area contributed by atoms with Crippen molar-refractivity contribution in [2.45, 2.75) is 26.4 Å². The summed E-state index contributed by atoms with van der Waals surface area (Å²) in [5.41, 5.74) is 5.82. The summed E-state index contributed by atoms with van der Waals surface area (Å²) in [6.45, 7) is 4.95. The van der Waals surface area contributed by atoms with E-state index in [0.29, 0.717) is 5.92 Å². The van der Waals surface area contributed by atoms with E-state index >= 15 is 0 Å². The minimum atomic E-state index is 0. The Morgan fingerprint density at radius 3 is 2.38 bits per heavy atom. The van der Waals surface area contributed by atoms with E-state index in [1.54, 1.807) is 10.9 Å². The van der Waals surface area contributed by atoms with Crippen LogP contribution in [-0.2, 0) is 6.54 Å². The van der Waals surface area contributed by atoms with Crippen molar-refractivity contribution in [1.82, 2.24) is 15.0 Å². The van der Waals surface area contributed by atoms with E-state index in [0.717, 1.165) is 6.54 Å². The van der Waals surface area contributed by atoms with Crippen LogP contribution in [0.4, 0.5) is 0 Å². The number of rotatable bonds is 3. The van der Waals surface area contributed by atoms with E-state index in [4.69, 9.17) is 5.73 Å². The number of halogens is 2. The highest BCUT2D eigenvalue weighted by Gasteiger charge is 2.07. The second-order valence-corrected chi connectivity index (χ2v) is 3.03. The Labute approximate surface area is 90.7 Å². The normalized spacial score (nSPS) is 11.7. The zero-order valence-electron chi connectivity index (χ0n) is 7.75. The Hall–Kier alpha value is -0.320. The van der Waals surface area contributed by atoms with Crippen LogP contribution in [-0.4, -0.2) is 21.0 Å². The molecule has 2 N–H and O–H groups in total. The molecule has 0 radical (unpaired) electrons. The summed E-state index contributed by atoms with van der Waals surface area (Å²) in [6.07, 6.45) is 3.48. The molecule has 1 atom stereocenters. The molecule has 1 unspecified atom stereocenters. The summed E-state index contributed by atoms with van der Waals surface area (Å²) in [6, 6.07) is 0.164. The van der Waals surface area contributed by atoms with Crippen LogP contribution in [0.5, 0.6) is 0 Å². The monoisotopic (exact) mass is 226 g/mol. The van der Waals surface area contributed by atoms with E-state index in [9.17, 15) is 0 Å². The zero-order valence-corrected chi connectivity index (χ0v) is 9.38. The molecular formula is C7H16Cl2N4. The Kier molecular flexibility index (Phi) is 8.30. The van der Waals surface area contributed by atoms with Gasteiger partial charge in [-0.15, -0.1) is 29.9 Å². The summed E-state index contributed by atoms with van der Waals surface area (Å²) in [5, 5.41) is 7.52. The van der Waals surface area contributed by atoms with Crippen molar-refractivity contribution in [2.75, 3.05) is 0 Å². The third-order valence-electron chi connectivity index (χ3n) is 1.73. The van der Waals surface area contributed by atoms with Crippen molar-refractivity contribution in [3.05, 3.63) is 12.4 Å². The summed E-state index contributed by atoms with van der Waals surface area (Å²) in [4.78, 5) is 0. The fourth-order valence-corrected chi connectivity index (χ4v) is 0.757. The van der Waals surface area contributed by atoms with Gasteiger partial charge in [-0.05, 0) is 5.92 Å². The molecule has 6 heteroatoms. The molecule has 1 rings (SSSR count). The maximum absolute atomic E-state index is 5.82. The smallest absolute Gasteiger partial charge is 0.0692 e. The van der Waals surface area contributed by atoms with Crippen LogP contribution >= 0.6 is 24.8 Å². The molecular weight excluding hydrogens is 211 g/mol. The molecule has 1 aromatic heterocycles. The van der Waals surface area contributed by atoms with Crippen molar-refractivity contribution >= 4 is 24.8 Å². The highest BCUT2D eigenvalue weighted by molar-refractivity contribution is 5.85. The van der Waals surface area contributed by atoms with E-state index in [1.165, 1.54) is 0 Å². The van der Waals surface area contributed by atoms with Gasteiger partial charge in [-0.25, -0.2) is 0 Å². The third-order valence-corrected chi connectivity index (χ3v) is 1.73. The number of nitrogens with zero attached hydrogens (tertiary/aromatic N) is 3.